The molecule has 0 aliphatic carbocycles. The molecular formula is C17H20N2O. The minimum atomic E-state index is -0.148. The van der Waals surface area contributed by atoms with E-state index in [2.05, 4.69) is 43.8 Å². The summed E-state index contributed by atoms with van der Waals surface area (Å²) in [6.07, 6.45) is 0. The van der Waals surface area contributed by atoms with Gasteiger partial charge in [-0.3, -0.25) is 15.6 Å². The summed E-state index contributed by atoms with van der Waals surface area (Å²) in [5, 5.41) is 0. The standard InChI is InChI=1S/C17H20N2O/c1-17(2,3)14-9-11-15(12-10-14)18-19-16(20)13-7-5-4-6-8-13/h4-12,18H,1-3H3,(H,19,20). The molecule has 104 valence electrons. The van der Waals surface area contributed by atoms with E-state index >= 15 is 0 Å². The third kappa shape index (κ3) is 3.60. The Morgan fingerprint density at radius 2 is 1.50 bits per heavy atom. The minimum Gasteiger partial charge on any atom is -0.298 e. The fraction of sp³-hybridized carbons (Fsp3) is 0.235. The number of carbonyl (C=O) groups excluding carboxylic acids is 1. The number of anilines is 1. The largest absolute Gasteiger partial charge is 0.298 e. The van der Waals surface area contributed by atoms with Gasteiger partial charge in [-0.15, -0.1) is 0 Å². The molecule has 2 aromatic carbocycles. The highest BCUT2D eigenvalue weighted by Crippen LogP contribution is 2.23. The molecule has 0 bridgehead atoms. The highest BCUT2D eigenvalue weighted by atomic mass is 16.2. The van der Waals surface area contributed by atoms with Gasteiger partial charge in [0.05, 0.1) is 5.69 Å². The second-order valence-corrected chi connectivity index (χ2v) is 5.77. The van der Waals surface area contributed by atoms with Gasteiger partial charge in [-0.1, -0.05) is 51.1 Å². The first-order valence-electron chi connectivity index (χ1n) is 6.69. The lowest BCUT2D eigenvalue weighted by Crippen LogP contribution is -2.29. The third-order valence-corrected chi connectivity index (χ3v) is 3.11. The zero-order valence-corrected chi connectivity index (χ0v) is 12.1. The number of hydrazine groups is 1. The van der Waals surface area contributed by atoms with Crippen LogP contribution in [0.3, 0.4) is 0 Å². The molecule has 2 N–H and O–H groups in total. The van der Waals surface area contributed by atoms with Gasteiger partial charge in [0.1, 0.15) is 0 Å². The Kier molecular flexibility index (Phi) is 4.08. The molecule has 20 heavy (non-hydrogen) atoms. The highest BCUT2D eigenvalue weighted by molar-refractivity contribution is 5.94. The Morgan fingerprint density at radius 1 is 0.900 bits per heavy atom. The molecule has 2 rings (SSSR count). The van der Waals surface area contributed by atoms with Gasteiger partial charge in [0.2, 0.25) is 0 Å². The zero-order chi connectivity index (χ0) is 14.6. The average Bonchev–Trinajstić information content (AvgIpc) is 2.45. The quantitative estimate of drug-likeness (QED) is 0.833. The molecule has 0 aromatic heterocycles. The maximum Gasteiger partial charge on any atom is 0.269 e. The molecule has 0 fully saturated rings. The number of amides is 1. The van der Waals surface area contributed by atoms with Crippen molar-refractivity contribution >= 4 is 11.6 Å². The Labute approximate surface area is 120 Å². The number of benzene rings is 2. The normalized spacial score (nSPS) is 10.9. The Hall–Kier alpha value is -2.29. The van der Waals surface area contributed by atoms with E-state index in [4.69, 9.17) is 0 Å². The monoisotopic (exact) mass is 268 g/mol. The van der Waals surface area contributed by atoms with Gasteiger partial charge in [-0.05, 0) is 35.2 Å². The molecule has 0 spiro atoms. The van der Waals surface area contributed by atoms with Crippen LogP contribution in [0.1, 0.15) is 36.7 Å². The van der Waals surface area contributed by atoms with E-state index in [0.29, 0.717) is 5.56 Å². The van der Waals surface area contributed by atoms with Gasteiger partial charge < -0.3 is 0 Å². The molecule has 0 saturated heterocycles. The predicted molar refractivity (Wildman–Crippen MR) is 82.7 cm³/mol. The molecule has 0 radical (unpaired) electrons. The van der Waals surface area contributed by atoms with E-state index in [9.17, 15) is 4.79 Å². The molecule has 3 nitrogen and oxygen atoms in total. The maximum absolute atomic E-state index is 11.9. The van der Waals surface area contributed by atoms with Crippen LogP contribution in [0.15, 0.2) is 54.6 Å². The van der Waals surface area contributed by atoms with Gasteiger partial charge in [0.25, 0.3) is 5.91 Å². The first-order chi connectivity index (χ1) is 9.47. The minimum absolute atomic E-state index is 0.131. The van der Waals surface area contributed by atoms with E-state index in [1.165, 1.54) is 5.56 Å². The average molecular weight is 268 g/mol. The second kappa shape index (κ2) is 5.78. The van der Waals surface area contributed by atoms with Gasteiger partial charge in [-0.25, -0.2) is 0 Å². The van der Waals surface area contributed by atoms with Crippen LogP contribution in [-0.4, -0.2) is 5.91 Å². The van der Waals surface area contributed by atoms with Crippen LogP contribution in [-0.2, 0) is 5.41 Å². The van der Waals surface area contributed by atoms with Crippen molar-refractivity contribution in [3.63, 3.8) is 0 Å². The zero-order valence-electron chi connectivity index (χ0n) is 12.1. The van der Waals surface area contributed by atoms with Crippen LogP contribution in [0.5, 0.6) is 0 Å². The smallest absolute Gasteiger partial charge is 0.269 e. The van der Waals surface area contributed by atoms with E-state index < -0.39 is 0 Å². The van der Waals surface area contributed by atoms with Crippen LogP contribution in [0.2, 0.25) is 0 Å². The van der Waals surface area contributed by atoms with Crippen LogP contribution in [0, 0.1) is 0 Å². The number of carbonyl (C=O) groups is 1. The first kappa shape index (κ1) is 14.1. The lowest BCUT2D eigenvalue weighted by Gasteiger charge is -2.19. The molecule has 0 heterocycles. The summed E-state index contributed by atoms with van der Waals surface area (Å²) in [5.41, 5.74) is 8.49. The summed E-state index contributed by atoms with van der Waals surface area (Å²) in [5.74, 6) is -0.148. The SMILES string of the molecule is CC(C)(C)c1ccc(NNC(=O)c2ccccc2)cc1. The van der Waals surface area contributed by atoms with Crippen molar-refractivity contribution in [2.45, 2.75) is 26.2 Å². The lowest BCUT2D eigenvalue weighted by molar-refractivity contribution is 0.0962. The van der Waals surface area contributed by atoms with Crippen LogP contribution < -0.4 is 10.9 Å². The van der Waals surface area contributed by atoms with Gasteiger partial charge in [0.15, 0.2) is 0 Å². The summed E-state index contributed by atoms with van der Waals surface area (Å²) >= 11 is 0. The summed E-state index contributed by atoms with van der Waals surface area (Å²) in [7, 11) is 0. The van der Waals surface area contributed by atoms with Gasteiger partial charge in [0, 0.05) is 5.56 Å². The van der Waals surface area contributed by atoms with Crippen LogP contribution in [0.4, 0.5) is 5.69 Å². The molecule has 1 amide bonds. The summed E-state index contributed by atoms with van der Waals surface area (Å²) in [6.45, 7) is 6.52. The molecular weight excluding hydrogens is 248 g/mol. The second-order valence-electron chi connectivity index (χ2n) is 5.77. The molecule has 2 aromatic rings. The Balaban J connectivity index is 1.96. The molecule has 0 atom stereocenters. The fourth-order valence-corrected chi connectivity index (χ4v) is 1.84. The van der Waals surface area contributed by atoms with Crippen molar-refractivity contribution in [2.75, 3.05) is 5.43 Å². The third-order valence-electron chi connectivity index (χ3n) is 3.11. The molecule has 0 aliphatic heterocycles. The van der Waals surface area contributed by atoms with Crippen LogP contribution >= 0.6 is 0 Å². The Morgan fingerprint density at radius 3 is 2.05 bits per heavy atom. The summed E-state index contributed by atoms with van der Waals surface area (Å²) in [6, 6.07) is 17.2. The maximum atomic E-state index is 11.9. The van der Waals surface area contributed by atoms with E-state index in [-0.39, 0.29) is 11.3 Å². The number of hydrogen-bond acceptors (Lipinski definition) is 2. The highest BCUT2D eigenvalue weighted by Gasteiger charge is 2.12. The van der Waals surface area contributed by atoms with E-state index in [0.717, 1.165) is 5.69 Å². The fourth-order valence-electron chi connectivity index (χ4n) is 1.84. The van der Waals surface area contributed by atoms with Crippen molar-refractivity contribution < 1.29 is 4.79 Å². The van der Waals surface area contributed by atoms with Crippen molar-refractivity contribution in [3.8, 4) is 0 Å². The molecule has 0 saturated carbocycles. The van der Waals surface area contributed by atoms with Crippen molar-refractivity contribution in [1.82, 2.24) is 5.43 Å². The predicted octanol–water partition coefficient (Wildman–Crippen LogP) is 3.74. The topological polar surface area (TPSA) is 41.1 Å². The number of rotatable bonds is 3. The molecule has 0 aliphatic rings. The van der Waals surface area contributed by atoms with E-state index in [1.54, 1.807) is 12.1 Å². The van der Waals surface area contributed by atoms with Crippen molar-refractivity contribution in [1.29, 1.82) is 0 Å². The molecule has 3 heteroatoms. The van der Waals surface area contributed by atoms with Crippen molar-refractivity contribution in [3.05, 3.63) is 65.7 Å². The number of hydrogen-bond donors (Lipinski definition) is 2. The first-order valence-corrected chi connectivity index (χ1v) is 6.69. The number of nitrogens with one attached hydrogen (secondary N) is 2. The van der Waals surface area contributed by atoms with Crippen LogP contribution in [0.25, 0.3) is 0 Å². The molecule has 0 unspecified atom stereocenters. The lowest BCUT2D eigenvalue weighted by atomic mass is 9.87. The van der Waals surface area contributed by atoms with Crippen molar-refractivity contribution in [2.24, 2.45) is 0 Å². The Bertz CT molecular complexity index is 568. The summed E-state index contributed by atoms with van der Waals surface area (Å²) < 4.78 is 0. The van der Waals surface area contributed by atoms with Gasteiger partial charge >= 0.3 is 0 Å². The van der Waals surface area contributed by atoms with Gasteiger partial charge in [-0.2, -0.15) is 0 Å². The summed E-state index contributed by atoms with van der Waals surface area (Å²) in [4.78, 5) is 11.9. The van der Waals surface area contributed by atoms with E-state index in [1.807, 2.05) is 30.3 Å².